The number of hydrogen-bond donors (Lipinski definition) is 1. The first-order chi connectivity index (χ1) is 12.6. The Bertz CT molecular complexity index is 825. The van der Waals surface area contributed by atoms with Crippen LogP contribution in [-0.2, 0) is 4.79 Å². The molecule has 5 nitrogen and oxygen atoms in total. The molecule has 136 valence electrons. The number of anilines is 2. The minimum Gasteiger partial charge on any atom is -0.356 e. The van der Waals surface area contributed by atoms with Crippen LogP contribution in [0.5, 0.6) is 0 Å². The van der Waals surface area contributed by atoms with Gasteiger partial charge in [-0.2, -0.15) is 0 Å². The number of nitrogens with zero attached hydrogens (tertiary/aromatic N) is 3. The summed E-state index contributed by atoms with van der Waals surface area (Å²) in [4.78, 5) is 23.7. The van der Waals surface area contributed by atoms with Crippen molar-refractivity contribution in [1.82, 2.24) is 9.97 Å². The second-order valence-electron chi connectivity index (χ2n) is 6.95. The van der Waals surface area contributed by atoms with E-state index >= 15 is 0 Å². The van der Waals surface area contributed by atoms with Gasteiger partial charge in [-0.3, -0.25) is 4.79 Å². The van der Waals surface area contributed by atoms with E-state index in [-0.39, 0.29) is 11.8 Å². The van der Waals surface area contributed by atoms with Gasteiger partial charge in [-0.25, -0.2) is 9.97 Å². The molecule has 0 spiro atoms. The van der Waals surface area contributed by atoms with Crippen LogP contribution >= 0.6 is 23.2 Å². The van der Waals surface area contributed by atoms with Gasteiger partial charge < -0.3 is 10.2 Å². The summed E-state index contributed by atoms with van der Waals surface area (Å²) in [5.41, 5.74) is 1.67. The average molecular weight is 391 g/mol. The highest BCUT2D eigenvalue weighted by Crippen LogP contribution is 2.39. The van der Waals surface area contributed by atoms with Crippen molar-refractivity contribution >= 4 is 40.6 Å². The Morgan fingerprint density at radius 2 is 2.04 bits per heavy atom. The minimum absolute atomic E-state index is 0.0321. The molecule has 2 fully saturated rings. The molecule has 1 aliphatic heterocycles. The largest absolute Gasteiger partial charge is 0.356 e. The highest BCUT2D eigenvalue weighted by molar-refractivity contribution is 6.44. The maximum Gasteiger partial charge on any atom is 0.229 e. The lowest BCUT2D eigenvalue weighted by Gasteiger charge is -2.33. The molecule has 1 aromatic carbocycles. The predicted molar refractivity (Wildman–Crippen MR) is 104 cm³/mol. The fourth-order valence-electron chi connectivity index (χ4n) is 3.37. The Kier molecular flexibility index (Phi) is 5.00. The maximum absolute atomic E-state index is 12.7. The molecule has 1 atom stereocenters. The zero-order valence-corrected chi connectivity index (χ0v) is 15.8. The van der Waals surface area contributed by atoms with E-state index in [4.69, 9.17) is 23.2 Å². The highest BCUT2D eigenvalue weighted by atomic mass is 35.5. The molecule has 1 saturated heterocycles. The number of hydrogen-bond acceptors (Lipinski definition) is 4. The fraction of sp³-hybridized carbons (Fsp3) is 0.421. The van der Waals surface area contributed by atoms with E-state index < -0.39 is 0 Å². The fourth-order valence-corrected chi connectivity index (χ4v) is 3.72. The first-order valence-electron chi connectivity index (χ1n) is 8.93. The van der Waals surface area contributed by atoms with Crippen molar-refractivity contribution in [3.8, 4) is 0 Å². The van der Waals surface area contributed by atoms with Crippen LogP contribution in [0.3, 0.4) is 0 Å². The molecular weight excluding hydrogens is 371 g/mol. The van der Waals surface area contributed by atoms with Crippen molar-refractivity contribution in [1.29, 1.82) is 0 Å². The molecular formula is C19H20Cl2N4O. The Morgan fingerprint density at radius 1 is 1.19 bits per heavy atom. The van der Waals surface area contributed by atoms with Crippen LogP contribution in [0.2, 0.25) is 10.0 Å². The number of piperidine rings is 1. The third kappa shape index (κ3) is 3.79. The number of aromatic nitrogens is 2. The van der Waals surface area contributed by atoms with Gasteiger partial charge in [0.2, 0.25) is 5.91 Å². The van der Waals surface area contributed by atoms with Gasteiger partial charge in [0.25, 0.3) is 0 Å². The van der Waals surface area contributed by atoms with Crippen molar-refractivity contribution in [3.05, 3.63) is 46.3 Å². The number of nitrogens with one attached hydrogen (secondary N) is 1. The summed E-state index contributed by atoms with van der Waals surface area (Å²) in [6.07, 6.45) is 5.85. The number of carbonyl (C=O) groups is 1. The third-order valence-corrected chi connectivity index (χ3v) is 5.81. The summed E-state index contributed by atoms with van der Waals surface area (Å²) in [6.45, 7) is 1.55. The van der Waals surface area contributed by atoms with Crippen LogP contribution in [0, 0.1) is 5.92 Å². The molecule has 2 aromatic rings. The molecule has 0 bridgehead atoms. The average Bonchev–Trinajstić information content (AvgIpc) is 3.51. The lowest BCUT2D eigenvalue weighted by atomic mass is 9.97. The summed E-state index contributed by atoms with van der Waals surface area (Å²) < 4.78 is 0. The standard InChI is InChI=1S/C19H20Cl2N4O/c20-14-4-1-5-15(18(14)21)24-19(26)13-3-2-8-25(10-13)17-9-16(12-6-7-12)22-11-23-17/h1,4-5,9,11-13H,2-3,6-8,10H2,(H,24,26). The van der Waals surface area contributed by atoms with E-state index in [9.17, 15) is 4.79 Å². The SMILES string of the molecule is O=C(Nc1cccc(Cl)c1Cl)C1CCCN(c2cc(C3CC3)ncn2)C1. The first-order valence-corrected chi connectivity index (χ1v) is 9.69. The van der Waals surface area contributed by atoms with Gasteiger partial charge in [0, 0.05) is 30.8 Å². The molecule has 1 aliphatic carbocycles. The Hall–Kier alpha value is -1.85. The summed E-state index contributed by atoms with van der Waals surface area (Å²) in [7, 11) is 0. The zero-order chi connectivity index (χ0) is 18.1. The normalized spacial score (nSPS) is 20.1. The van der Waals surface area contributed by atoms with Gasteiger partial charge in [-0.05, 0) is 37.8 Å². The molecule has 1 N–H and O–H groups in total. The minimum atomic E-state index is -0.113. The van der Waals surface area contributed by atoms with E-state index in [1.54, 1.807) is 24.5 Å². The van der Waals surface area contributed by atoms with Crippen LogP contribution in [0.1, 0.15) is 37.3 Å². The van der Waals surface area contributed by atoms with E-state index in [1.165, 1.54) is 12.8 Å². The molecule has 7 heteroatoms. The summed E-state index contributed by atoms with van der Waals surface area (Å²) >= 11 is 12.2. The molecule has 0 radical (unpaired) electrons. The van der Waals surface area contributed by atoms with E-state index in [0.29, 0.717) is 28.2 Å². The van der Waals surface area contributed by atoms with E-state index in [1.807, 2.05) is 0 Å². The number of halogens is 2. The van der Waals surface area contributed by atoms with Gasteiger partial charge >= 0.3 is 0 Å². The number of benzene rings is 1. The van der Waals surface area contributed by atoms with Crippen molar-refractivity contribution < 1.29 is 4.79 Å². The molecule has 2 heterocycles. The smallest absolute Gasteiger partial charge is 0.229 e. The van der Waals surface area contributed by atoms with Crippen LogP contribution in [0.4, 0.5) is 11.5 Å². The van der Waals surface area contributed by atoms with Gasteiger partial charge in [-0.1, -0.05) is 29.3 Å². The van der Waals surface area contributed by atoms with E-state index in [0.717, 1.165) is 30.9 Å². The highest BCUT2D eigenvalue weighted by Gasteiger charge is 2.29. The predicted octanol–water partition coefficient (Wildman–Crippen LogP) is 4.52. The summed E-state index contributed by atoms with van der Waals surface area (Å²) in [6, 6.07) is 7.32. The van der Waals surface area contributed by atoms with Crippen molar-refractivity contribution in [2.24, 2.45) is 5.92 Å². The van der Waals surface area contributed by atoms with Crippen LogP contribution in [0.15, 0.2) is 30.6 Å². The van der Waals surface area contributed by atoms with Crippen molar-refractivity contribution in [3.63, 3.8) is 0 Å². The summed E-state index contributed by atoms with van der Waals surface area (Å²) in [5, 5.41) is 3.73. The third-order valence-electron chi connectivity index (χ3n) is 5.00. The Balaban J connectivity index is 1.45. The number of amides is 1. The molecule has 4 rings (SSSR count). The Morgan fingerprint density at radius 3 is 2.85 bits per heavy atom. The molecule has 2 aliphatic rings. The lowest BCUT2D eigenvalue weighted by molar-refractivity contribution is -0.120. The number of rotatable bonds is 4. The van der Waals surface area contributed by atoms with Gasteiger partial charge in [0.1, 0.15) is 12.1 Å². The van der Waals surface area contributed by atoms with E-state index in [2.05, 4.69) is 26.3 Å². The summed E-state index contributed by atoms with van der Waals surface area (Å²) in [5.74, 6) is 1.36. The van der Waals surface area contributed by atoms with Crippen molar-refractivity contribution in [2.75, 3.05) is 23.3 Å². The van der Waals surface area contributed by atoms with Gasteiger partial charge in [-0.15, -0.1) is 0 Å². The Labute approximate surface area is 162 Å². The van der Waals surface area contributed by atoms with Crippen LogP contribution in [0.25, 0.3) is 0 Å². The number of carbonyl (C=O) groups excluding carboxylic acids is 1. The lowest BCUT2D eigenvalue weighted by Crippen LogP contribution is -2.41. The molecule has 1 unspecified atom stereocenters. The first kappa shape index (κ1) is 17.6. The van der Waals surface area contributed by atoms with Crippen LogP contribution < -0.4 is 10.2 Å². The maximum atomic E-state index is 12.7. The van der Waals surface area contributed by atoms with Gasteiger partial charge in [0.15, 0.2) is 0 Å². The second-order valence-corrected chi connectivity index (χ2v) is 7.74. The molecule has 1 saturated carbocycles. The molecule has 26 heavy (non-hydrogen) atoms. The van der Waals surface area contributed by atoms with Gasteiger partial charge in [0.05, 0.1) is 21.7 Å². The monoisotopic (exact) mass is 390 g/mol. The quantitative estimate of drug-likeness (QED) is 0.833. The molecule has 1 amide bonds. The topological polar surface area (TPSA) is 58.1 Å². The zero-order valence-electron chi connectivity index (χ0n) is 14.3. The molecule has 1 aromatic heterocycles. The van der Waals surface area contributed by atoms with Crippen LogP contribution in [-0.4, -0.2) is 29.0 Å². The second kappa shape index (κ2) is 7.41. The van der Waals surface area contributed by atoms with Crippen molar-refractivity contribution in [2.45, 2.75) is 31.6 Å².